The number of benzene rings is 2. The third-order valence-corrected chi connectivity index (χ3v) is 2.70. The summed E-state index contributed by atoms with van der Waals surface area (Å²) in [5, 5.41) is 2.67. The first-order chi connectivity index (χ1) is 9.51. The molecule has 0 amide bonds. The largest absolute Gasteiger partial charge is 0.497 e. The maximum absolute atomic E-state index is 13.5. The van der Waals surface area contributed by atoms with Crippen LogP contribution in [0.25, 0.3) is 0 Å². The molecule has 0 bridgehead atoms. The smallest absolute Gasteiger partial charge is 0.194 e. The van der Waals surface area contributed by atoms with Crippen molar-refractivity contribution >= 4 is 5.69 Å². The van der Waals surface area contributed by atoms with Crippen molar-refractivity contribution in [2.24, 2.45) is 0 Å². The van der Waals surface area contributed by atoms with Crippen LogP contribution in [0.2, 0.25) is 0 Å². The zero-order chi connectivity index (χ0) is 14.7. The van der Waals surface area contributed by atoms with Crippen molar-refractivity contribution in [2.75, 3.05) is 12.4 Å². The quantitative estimate of drug-likeness (QED) is 0.680. The Hall–Kier alpha value is -2.24. The van der Waals surface area contributed by atoms with Crippen molar-refractivity contribution in [2.45, 2.75) is 6.54 Å². The van der Waals surface area contributed by atoms with E-state index in [1.165, 1.54) is 25.3 Å². The molecular weight excluding hydrogens is 274 g/mol. The summed E-state index contributed by atoms with van der Waals surface area (Å²) < 4.78 is 57.3. The highest BCUT2D eigenvalue weighted by molar-refractivity contribution is 5.50. The van der Waals surface area contributed by atoms with Crippen LogP contribution in [0.5, 0.6) is 5.75 Å². The Balaban J connectivity index is 2.16. The van der Waals surface area contributed by atoms with Gasteiger partial charge in [0.05, 0.1) is 12.8 Å². The molecule has 0 atom stereocenters. The van der Waals surface area contributed by atoms with Crippen LogP contribution in [-0.4, -0.2) is 7.11 Å². The fourth-order valence-corrected chi connectivity index (χ4v) is 1.67. The van der Waals surface area contributed by atoms with E-state index in [4.69, 9.17) is 4.74 Å². The van der Waals surface area contributed by atoms with E-state index in [9.17, 15) is 17.6 Å². The standard InChI is InChI=1S/C14H11F4NO/c1-20-9-2-3-10(15)13(6-9)19-7-8-4-11(16)14(18)12(17)5-8/h2-6,19H,7H2,1H3. The maximum atomic E-state index is 13.5. The lowest BCUT2D eigenvalue weighted by Crippen LogP contribution is -2.04. The van der Waals surface area contributed by atoms with Crippen molar-refractivity contribution in [3.63, 3.8) is 0 Å². The molecule has 0 radical (unpaired) electrons. The van der Waals surface area contributed by atoms with Gasteiger partial charge in [-0.3, -0.25) is 0 Å². The summed E-state index contributed by atoms with van der Waals surface area (Å²) in [6, 6.07) is 5.75. The molecular formula is C14H11F4NO. The molecule has 0 aliphatic heterocycles. The van der Waals surface area contributed by atoms with E-state index < -0.39 is 23.3 Å². The third kappa shape index (κ3) is 3.01. The molecule has 0 fully saturated rings. The van der Waals surface area contributed by atoms with Gasteiger partial charge >= 0.3 is 0 Å². The van der Waals surface area contributed by atoms with E-state index in [-0.39, 0.29) is 17.8 Å². The Morgan fingerprint density at radius 2 is 1.60 bits per heavy atom. The van der Waals surface area contributed by atoms with E-state index >= 15 is 0 Å². The minimum atomic E-state index is -1.53. The SMILES string of the molecule is COc1ccc(F)c(NCc2cc(F)c(F)c(F)c2)c1. The molecule has 0 saturated carbocycles. The number of halogens is 4. The molecule has 0 unspecified atom stereocenters. The normalized spacial score (nSPS) is 10.4. The minimum Gasteiger partial charge on any atom is -0.497 e. The first kappa shape index (κ1) is 14.2. The Morgan fingerprint density at radius 3 is 2.20 bits per heavy atom. The first-order valence-corrected chi connectivity index (χ1v) is 5.72. The van der Waals surface area contributed by atoms with Gasteiger partial charge in [0, 0.05) is 12.6 Å². The van der Waals surface area contributed by atoms with Crippen LogP contribution in [0.15, 0.2) is 30.3 Å². The lowest BCUT2D eigenvalue weighted by Gasteiger charge is -2.10. The second kappa shape index (κ2) is 5.81. The predicted octanol–water partition coefficient (Wildman–Crippen LogP) is 3.86. The van der Waals surface area contributed by atoms with E-state index in [2.05, 4.69) is 5.32 Å². The van der Waals surface area contributed by atoms with Crippen LogP contribution in [-0.2, 0) is 6.54 Å². The summed E-state index contributed by atoms with van der Waals surface area (Å²) in [7, 11) is 1.43. The molecule has 0 spiro atoms. The van der Waals surface area contributed by atoms with Gasteiger partial charge in [-0.15, -0.1) is 0 Å². The van der Waals surface area contributed by atoms with Crippen LogP contribution in [0, 0.1) is 23.3 Å². The molecule has 2 rings (SSSR count). The zero-order valence-electron chi connectivity index (χ0n) is 10.5. The van der Waals surface area contributed by atoms with Gasteiger partial charge < -0.3 is 10.1 Å². The maximum Gasteiger partial charge on any atom is 0.194 e. The van der Waals surface area contributed by atoms with Crippen molar-refractivity contribution in [1.82, 2.24) is 0 Å². The summed E-state index contributed by atoms with van der Waals surface area (Å²) in [5.41, 5.74) is 0.276. The van der Waals surface area contributed by atoms with Gasteiger partial charge in [0.25, 0.3) is 0 Å². The molecule has 2 aromatic carbocycles. The van der Waals surface area contributed by atoms with Crippen molar-refractivity contribution < 1.29 is 22.3 Å². The molecule has 0 aliphatic rings. The van der Waals surface area contributed by atoms with Crippen LogP contribution in [0.4, 0.5) is 23.2 Å². The summed E-state index contributed by atoms with van der Waals surface area (Å²) in [6.07, 6.45) is 0. The van der Waals surface area contributed by atoms with Gasteiger partial charge in [0.1, 0.15) is 11.6 Å². The Kier molecular flexibility index (Phi) is 4.12. The highest BCUT2D eigenvalue weighted by atomic mass is 19.2. The molecule has 106 valence electrons. The number of hydrogen-bond acceptors (Lipinski definition) is 2. The molecule has 1 N–H and O–H groups in total. The van der Waals surface area contributed by atoms with E-state index in [0.717, 1.165) is 12.1 Å². The summed E-state index contributed by atoms with van der Waals surface area (Å²) in [6.45, 7) is -0.0573. The molecule has 6 heteroatoms. The molecule has 0 heterocycles. The average molecular weight is 285 g/mol. The van der Waals surface area contributed by atoms with E-state index in [1.807, 2.05) is 0 Å². The number of hydrogen-bond donors (Lipinski definition) is 1. The Morgan fingerprint density at radius 1 is 0.950 bits per heavy atom. The lowest BCUT2D eigenvalue weighted by molar-refractivity contribution is 0.414. The Labute approximate surface area is 113 Å². The average Bonchev–Trinajstić information content (AvgIpc) is 2.43. The minimum absolute atomic E-state index is 0.0573. The van der Waals surface area contributed by atoms with Gasteiger partial charge in [-0.2, -0.15) is 0 Å². The fraction of sp³-hybridized carbons (Fsp3) is 0.143. The zero-order valence-corrected chi connectivity index (χ0v) is 10.5. The summed E-state index contributed by atoms with van der Waals surface area (Å²) in [5.74, 6) is -4.19. The summed E-state index contributed by atoms with van der Waals surface area (Å²) in [4.78, 5) is 0. The second-order valence-corrected chi connectivity index (χ2v) is 4.07. The monoisotopic (exact) mass is 285 g/mol. The highest BCUT2D eigenvalue weighted by Crippen LogP contribution is 2.22. The highest BCUT2D eigenvalue weighted by Gasteiger charge is 2.11. The van der Waals surface area contributed by atoms with Crippen molar-refractivity contribution in [3.05, 3.63) is 59.2 Å². The van der Waals surface area contributed by atoms with Gasteiger partial charge in [-0.25, -0.2) is 17.6 Å². The van der Waals surface area contributed by atoms with Crippen molar-refractivity contribution in [1.29, 1.82) is 0 Å². The van der Waals surface area contributed by atoms with Gasteiger partial charge in [0.15, 0.2) is 17.5 Å². The molecule has 0 aromatic heterocycles. The van der Waals surface area contributed by atoms with Gasteiger partial charge in [0.2, 0.25) is 0 Å². The molecule has 0 aliphatic carbocycles. The lowest BCUT2D eigenvalue weighted by atomic mass is 10.2. The van der Waals surface area contributed by atoms with Gasteiger partial charge in [-0.1, -0.05) is 0 Å². The predicted molar refractivity (Wildman–Crippen MR) is 66.6 cm³/mol. The Bertz CT molecular complexity index is 608. The molecule has 0 saturated heterocycles. The van der Waals surface area contributed by atoms with E-state index in [1.54, 1.807) is 0 Å². The van der Waals surface area contributed by atoms with Crippen LogP contribution < -0.4 is 10.1 Å². The first-order valence-electron chi connectivity index (χ1n) is 5.72. The topological polar surface area (TPSA) is 21.3 Å². The number of nitrogens with one attached hydrogen (secondary N) is 1. The van der Waals surface area contributed by atoms with Gasteiger partial charge in [-0.05, 0) is 29.8 Å². The second-order valence-electron chi connectivity index (χ2n) is 4.07. The van der Waals surface area contributed by atoms with Crippen LogP contribution >= 0.6 is 0 Å². The number of methoxy groups -OCH3 is 1. The molecule has 2 aromatic rings. The summed E-state index contributed by atoms with van der Waals surface area (Å²) >= 11 is 0. The third-order valence-electron chi connectivity index (χ3n) is 2.70. The van der Waals surface area contributed by atoms with Crippen LogP contribution in [0.3, 0.4) is 0 Å². The van der Waals surface area contributed by atoms with E-state index in [0.29, 0.717) is 5.75 Å². The van der Waals surface area contributed by atoms with Crippen molar-refractivity contribution in [3.8, 4) is 5.75 Å². The van der Waals surface area contributed by atoms with Crippen LogP contribution in [0.1, 0.15) is 5.56 Å². The molecule has 2 nitrogen and oxygen atoms in total. The number of anilines is 1. The number of ether oxygens (including phenoxy) is 1. The number of rotatable bonds is 4. The fourth-order valence-electron chi connectivity index (χ4n) is 1.67. The molecule has 20 heavy (non-hydrogen) atoms.